The Morgan fingerprint density at radius 1 is 1.26 bits per heavy atom. The van der Waals surface area contributed by atoms with Gasteiger partial charge in [-0.1, -0.05) is 38.4 Å². The van der Waals surface area contributed by atoms with Gasteiger partial charge in [0.1, 0.15) is 6.07 Å². The molecule has 0 unspecified atom stereocenters. The van der Waals surface area contributed by atoms with Crippen LogP contribution >= 0.6 is 11.6 Å². The Hall–Kier alpha value is -4.00. The van der Waals surface area contributed by atoms with Gasteiger partial charge in [0.25, 0.3) is 0 Å². The van der Waals surface area contributed by atoms with Crippen LogP contribution in [-0.2, 0) is 0 Å². The maximum absolute atomic E-state index is 9.82. The number of aromatic nitrogens is 3. The lowest BCUT2D eigenvalue weighted by Gasteiger charge is -2.24. The summed E-state index contributed by atoms with van der Waals surface area (Å²) in [6.07, 6.45) is 9.80. The minimum Gasteiger partial charge on any atom is -0.383 e. The largest absolute Gasteiger partial charge is 0.383 e. The molecule has 9 nitrogen and oxygen atoms in total. The molecule has 194 valence electrons. The smallest absolute Gasteiger partial charge is 0.103 e. The molecular formula is C28H30ClN9. The molecule has 4 N–H and O–H groups in total. The summed E-state index contributed by atoms with van der Waals surface area (Å²) < 4.78 is 1.87. The third-order valence-electron chi connectivity index (χ3n) is 6.79. The van der Waals surface area contributed by atoms with Crippen LogP contribution in [0.15, 0.2) is 60.8 Å². The number of nitrogens with zero attached hydrogens (tertiary/aromatic N) is 5. The molecule has 3 aromatic heterocycles. The van der Waals surface area contributed by atoms with E-state index in [4.69, 9.17) is 11.6 Å². The molecule has 1 saturated carbocycles. The Balaban J connectivity index is 1.44. The van der Waals surface area contributed by atoms with Crippen molar-refractivity contribution in [1.82, 2.24) is 30.6 Å². The van der Waals surface area contributed by atoms with Crippen LogP contribution < -0.4 is 21.6 Å². The molecule has 0 radical (unpaired) electrons. The van der Waals surface area contributed by atoms with Gasteiger partial charge in [0.15, 0.2) is 0 Å². The number of nitriles is 1. The van der Waals surface area contributed by atoms with Crippen molar-refractivity contribution in [3.05, 3.63) is 77.0 Å². The quantitative estimate of drug-likeness (QED) is 0.255. The first-order valence-corrected chi connectivity index (χ1v) is 13.2. The Labute approximate surface area is 226 Å². The number of hydrogen-bond donors (Lipinski definition) is 4. The highest BCUT2D eigenvalue weighted by Crippen LogP contribution is 2.37. The Kier molecular flexibility index (Phi) is 6.01. The van der Waals surface area contributed by atoms with Gasteiger partial charge in [0.05, 0.1) is 39.0 Å². The van der Waals surface area contributed by atoms with Crippen molar-refractivity contribution in [2.45, 2.75) is 45.7 Å². The molecule has 38 heavy (non-hydrogen) atoms. The first kappa shape index (κ1) is 24.3. The van der Waals surface area contributed by atoms with Gasteiger partial charge in [-0.2, -0.15) is 10.4 Å². The second-order valence-corrected chi connectivity index (χ2v) is 11.5. The molecule has 1 atom stereocenters. The molecule has 1 aromatic carbocycles. The summed E-state index contributed by atoms with van der Waals surface area (Å²) >= 11 is 6.78. The SMILES string of the molecule is CC(C)(C)CNc1c(C#N)cnc2c(Cl)cc(N[C@H](C3=CN(C4CC4)NN3)c3cccn4nccc34)cc12. The molecule has 4 heterocycles. The summed E-state index contributed by atoms with van der Waals surface area (Å²) in [6.45, 7) is 7.15. The Bertz CT molecular complexity index is 1590. The molecule has 1 aliphatic heterocycles. The van der Waals surface area contributed by atoms with E-state index in [2.05, 4.69) is 75.8 Å². The van der Waals surface area contributed by atoms with E-state index in [-0.39, 0.29) is 11.5 Å². The lowest BCUT2D eigenvalue weighted by Crippen LogP contribution is -2.38. The van der Waals surface area contributed by atoms with Crippen molar-refractivity contribution in [2.24, 2.45) is 5.41 Å². The molecule has 2 aliphatic rings. The van der Waals surface area contributed by atoms with Crippen molar-refractivity contribution in [3.63, 3.8) is 0 Å². The highest BCUT2D eigenvalue weighted by Gasteiger charge is 2.33. The van der Waals surface area contributed by atoms with E-state index in [1.165, 1.54) is 12.8 Å². The number of pyridine rings is 2. The van der Waals surface area contributed by atoms with Gasteiger partial charge >= 0.3 is 0 Å². The standard InChI is InChI=1S/C28H30ClN9/c1-28(2,3)16-32-25-17(13-30)14-31-26-21(25)11-18(12-22(26)29)34-27(23-15-38(36-35-23)19-6-7-19)20-5-4-10-37-24(20)8-9-33-37/h4-5,8-12,14-15,19,27,34-36H,6-7,16H2,1-3H3,(H,31,32)/t27-/m0/s1. The maximum atomic E-state index is 9.82. The number of hydrazine groups is 2. The van der Waals surface area contributed by atoms with E-state index in [1.807, 2.05) is 35.0 Å². The summed E-state index contributed by atoms with van der Waals surface area (Å²) in [4.78, 5) is 4.51. The van der Waals surface area contributed by atoms with E-state index in [0.29, 0.717) is 28.7 Å². The van der Waals surface area contributed by atoms with Crippen molar-refractivity contribution in [3.8, 4) is 6.07 Å². The van der Waals surface area contributed by atoms with Crippen LogP contribution in [0.25, 0.3) is 16.4 Å². The zero-order valence-electron chi connectivity index (χ0n) is 21.6. The average molecular weight is 528 g/mol. The van der Waals surface area contributed by atoms with Gasteiger partial charge in [-0.05, 0) is 42.5 Å². The maximum Gasteiger partial charge on any atom is 0.103 e. The van der Waals surface area contributed by atoms with Gasteiger partial charge in [-0.25, -0.2) is 4.52 Å². The average Bonchev–Trinajstić information content (AvgIpc) is 3.41. The summed E-state index contributed by atoms with van der Waals surface area (Å²) in [5, 5.41) is 24.9. The first-order valence-electron chi connectivity index (χ1n) is 12.8. The second kappa shape index (κ2) is 9.39. The van der Waals surface area contributed by atoms with Crippen LogP contribution in [0.2, 0.25) is 5.02 Å². The van der Waals surface area contributed by atoms with Crippen molar-refractivity contribution in [1.29, 1.82) is 5.26 Å². The fourth-order valence-electron chi connectivity index (χ4n) is 4.72. The van der Waals surface area contributed by atoms with Gasteiger partial charge in [-0.15, -0.1) is 5.53 Å². The fraction of sp³-hybridized carbons (Fsp3) is 0.321. The minimum absolute atomic E-state index is 0.0258. The van der Waals surface area contributed by atoms with Gasteiger partial charge in [0, 0.05) is 54.0 Å². The molecule has 1 aliphatic carbocycles. The van der Waals surface area contributed by atoms with Crippen molar-refractivity contribution in [2.75, 3.05) is 17.2 Å². The minimum atomic E-state index is -0.224. The van der Waals surface area contributed by atoms with Crippen LogP contribution in [0.1, 0.15) is 50.8 Å². The van der Waals surface area contributed by atoms with Crippen LogP contribution in [0, 0.1) is 16.7 Å². The number of nitrogens with one attached hydrogen (secondary N) is 4. The van der Waals surface area contributed by atoms with Crippen LogP contribution in [-0.4, -0.2) is 32.2 Å². The molecule has 0 bridgehead atoms. The zero-order valence-corrected chi connectivity index (χ0v) is 22.3. The molecule has 0 saturated heterocycles. The second-order valence-electron chi connectivity index (χ2n) is 11.1. The zero-order chi connectivity index (χ0) is 26.4. The fourth-order valence-corrected chi connectivity index (χ4v) is 4.99. The predicted octanol–water partition coefficient (Wildman–Crippen LogP) is 5.35. The summed E-state index contributed by atoms with van der Waals surface area (Å²) in [6, 6.07) is 12.6. The number of halogens is 1. The van der Waals surface area contributed by atoms with Crippen LogP contribution in [0.4, 0.5) is 11.4 Å². The number of hydrogen-bond acceptors (Lipinski definition) is 8. The molecular weight excluding hydrogens is 498 g/mol. The molecule has 10 heteroatoms. The lowest BCUT2D eigenvalue weighted by atomic mass is 9.96. The third kappa shape index (κ3) is 4.69. The highest BCUT2D eigenvalue weighted by atomic mass is 35.5. The normalized spacial score (nSPS) is 16.3. The number of fused-ring (bicyclic) bond motifs is 2. The number of anilines is 2. The number of rotatable bonds is 7. The van der Waals surface area contributed by atoms with Crippen LogP contribution in [0.3, 0.4) is 0 Å². The monoisotopic (exact) mass is 527 g/mol. The number of benzene rings is 1. The van der Waals surface area contributed by atoms with Gasteiger partial charge < -0.3 is 16.1 Å². The summed E-state index contributed by atoms with van der Waals surface area (Å²) in [5.74, 6) is 0. The highest BCUT2D eigenvalue weighted by molar-refractivity contribution is 6.35. The third-order valence-corrected chi connectivity index (χ3v) is 7.08. The molecule has 1 fully saturated rings. The molecule has 4 aromatic rings. The van der Waals surface area contributed by atoms with Crippen molar-refractivity contribution >= 4 is 39.4 Å². The lowest BCUT2D eigenvalue weighted by molar-refractivity contribution is 0.260. The summed E-state index contributed by atoms with van der Waals surface area (Å²) in [5.41, 5.74) is 12.4. The predicted molar refractivity (Wildman–Crippen MR) is 150 cm³/mol. The molecule has 0 spiro atoms. The van der Waals surface area contributed by atoms with Gasteiger partial charge in [-0.3, -0.25) is 9.99 Å². The van der Waals surface area contributed by atoms with Crippen LogP contribution in [0.5, 0.6) is 0 Å². The molecule has 6 rings (SSSR count). The van der Waals surface area contributed by atoms with Gasteiger partial charge in [0.2, 0.25) is 0 Å². The Morgan fingerprint density at radius 2 is 2.11 bits per heavy atom. The molecule has 0 amide bonds. The van der Waals surface area contributed by atoms with E-state index in [9.17, 15) is 5.26 Å². The van der Waals surface area contributed by atoms with Crippen molar-refractivity contribution < 1.29 is 0 Å². The van der Waals surface area contributed by atoms with E-state index >= 15 is 0 Å². The van der Waals surface area contributed by atoms with E-state index in [0.717, 1.165) is 33.5 Å². The summed E-state index contributed by atoms with van der Waals surface area (Å²) in [7, 11) is 0. The van der Waals surface area contributed by atoms with E-state index < -0.39 is 0 Å². The topological polar surface area (TPSA) is 105 Å². The first-order chi connectivity index (χ1) is 18.3. The van der Waals surface area contributed by atoms with E-state index in [1.54, 1.807) is 12.4 Å². The Morgan fingerprint density at radius 3 is 2.87 bits per heavy atom.